The van der Waals surface area contributed by atoms with Gasteiger partial charge in [0.05, 0.1) is 36.3 Å². The first-order valence-corrected chi connectivity index (χ1v) is 13.2. The fraction of sp³-hybridized carbons (Fsp3) is 0.519. The molecule has 0 N–H and O–H groups in total. The van der Waals surface area contributed by atoms with E-state index in [1.807, 2.05) is 41.5 Å². The molecular weight excluding hydrogens is 540 g/mol. The minimum atomic E-state index is -5.17. The summed E-state index contributed by atoms with van der Waals surface area (Å²) in [5.74, 6) is 0.850. The van der Waals surface area contributed by atoms with Crippen molar-refractivity contribution in [2.45, 2.75) is 53.9 Å². The van der Waals surface area contributed by atoms with Gasteiger partial charge in [0.1, 0.15) is 17.2 Å². The van der Waals surface area contributed by atoms with Crippen LogP contribution in [0, 0.1) is 17.8 Å². The minimum absolute atomic E-state index is 0. The van der Waals surface area contributed by atoms with Crippen LogP contribution >= 0.6 is 8.58 Å². The van der Waals surface area contributed by atoms with Gasteiger partial charge >= 0.3 is 12.4 Å². The number of ether oxygens (including phenoxy) is 3. The van der Waals surface area contributed by atoms with Gasteiger partial charge in [0.25, 0.3) is 0 Å². The molecule has 0 saturated heterocycles. The van der Waals surface area contributed by atoms with E-state index in [1.54, 1.807) is 0 Å². The first-order valence-electron chi connectivity index (χ1n) is 12.2. The van der Waals surface area contributed by atoms with Crippen molar-refractivity contribution in [3.05, 3.63) is 47.0 Å². The molecule has 2 rings (SSSR count). The zero-order chi connectivity index (χ0) is 28.8. The summed E-state index contributed by atoms with van der Waals surface area (Å²) < 4.78 is 99.8. The molecule has 0 aromatic heterocycles. The molecule has 0 aliphatic carbocycles. The first kappa shape index (κ1) is 35.1. The third-order valence-corrected chi connectivity index (χ3v) is 6.13. The molecular formula is C27H33F6LiO4P. The van der Waals surface area contributed by atoms with Gasteiger partial charge in [0, 0.05) is 36.6 Å². The molecule has 1 radical (unpaired) electrons. The third kappa shape index (κ3) is 10.6. The fourth-order valence-electron chi connectivity index (χ4n) is 3.22. The Labute approximate surface area is 239 Å². The molecule has 213 valence electrons. The summed E-state index contributed by atoms with van der Waals surface area (Å²) in [5.41, 5.74) is -6.03. The monoisotopic (exact) mass is 573 g/mol. The van der Waals surface area contributed by atoms with Crippen LogP contribution in [0.25, 0.3) is 0 Å². The van der Waals surface area contributed by atoms with E-state index in [-0.39, 0.29) is 66.6 Å². The van der Waals surface area contributed by atoms with Crippen LogP contribution in [0.2, 0.25) is 0 Å². The number of carbonyl (C=O) groups excluding carboxylic acids is 1. The summed E-state index contributed by atoms with van der Waals surface area (Å²) in [6.45, 7) is 12.1. The van der Waals surface area contributed by atoms with Gasteiger partial charge in [0.15, 0.2) is 5.52 Å². The van der Waals surface area contributed by atoms with Crippen LogP contribution in [0.5, 0.6) is 17.2 Å². The van der Waals surface area contributed by atoms with E-state index in [1.165, 1.54) is 12.1 Å². The van der Waals surface area contributed by atoms with Crippen molar-refractivity contribution in [3.8, 4) is 17.2 Å². The predicted octanol–water partition coefficient (Wildman–Crippen LogP) is 7.59. The van der Waals surface area contributed by atoms with E-state index in [2.05, 4.69) is 0 Å². The van der Waals surface area contributed by atoms with Gasteiger partial charge in [-0.05, 0) is 38.5 Å². The van der Waals surface area contributed by atoms with Crippen LogP contribution < -0.4 is 19.5 Å². The summed E-state index contributed by atoms with van der Waals surface area (Å²) >= 11 is 0. The summed E-state index contributed by atoms with van der Waals surface area (Å²) in [7, 11) is -1.14. The average Bonchev–Trinajstić information content (AvgIpc) is 2.79. The maximum atomic E-state index is 13.7. The average molecular weight is 573 g/mol. The number of benzene rings is 2. The molecule has 1 unspecified atom stereocenters. The van der Waals surface area contributed by atoms with Crippen LogP contribution in [0.15, 0.2) is 30.3 Å². The number of rotatable bonds is 12. The summed E-state index contributed by atoms with van der Waals surface area (Å²) in [6.07, 6.45) is -10.3. The molecule has 0 amide bonds. The number of carbonyl (C=O) groups is 1. The zero-order valence-electron chi connectivity index (χ0n) is 23.1. The molecule has 0 spiro atoms. The first-order chi connectivity index (χ1) is 17.5. The molecule has 0 aliphatic rings. The van der Waals surface area contributed by atoms with Gasteiger partial charge in [0.2, 0.25) is 0 Å². The number of halogens is 6. The second-order valence-corrected chi connectivity index (χ2v) is 11.3. The van der Waals surface area contributed by atoms with Crippen molar-refractivity contribution in [1.29, 1.82) is 0 Å². The Balaban J connectivity index is 0.00000760. The van der Waals surface area contributed by atoms with E-state index < -0.39 is 43.1 Å². The van der Waals surface area contributed by atoms with Crippen LogP contribution in [0.3, 0.4) is 0 Å². The summed E-state index contributed by atoms with van der Waals surface area (Å²) in [6, 6.07) is 4.57. The maximum absolute atomic E-state index is 13.7. The summed E-state index contributed by atoms with van der Waals surface area (Å²) in [4.78, 5) is 13.3. The largest absolute Gasteiger partial charge is 0.493 e. The van der Waals surface area contributed by atoms with E-state index >= 15 is 0 Å². The standard InChI is InChI=1S/C27H33F6O4P.Li/c1-15(2)12-35-18-10-21(36-13-16(3)4)24(22(11-18)37-14-17(5)6)38-25(34)23-19(26(28,29)30)8-7-9-20(23)27(31,32)33;/h7-11,15-17,38H,12-14H2,1-6H3;. The Bertz CT molecular complexity index is 1040. The number of alkyl halides is 6. The van der Waals surface area contributed by atoms with Gasteiger partial charge in [-0.15, -0.1) is 0 Å². The smallest absolute Gasteiger partial charge is 0.417 e. The molecule has 2 aromatic carbocycles. The molecule has 0 saturated carbocycles. The Hall–Kier alpha value is -1.88. The molecule has 4 nitrogen and oxygen atoms in total. The van der Waals surface area contributed by atoms with Crippen molar-refractivity contribution in [3.63, 3.8) is 0 Å². The molecule has 0 fully saturated rings. The van der Waals surface area contributed by atoms with Gasteiger partial charge in [-0.1, -0.05) is 47.6 Å². The van der Waals surface area contributed by atoms with Crippen molar-refractivity contribution < 1.29 is 45.3 Å². The Morgan fingerprint density at radius 3 is 1.49 bits per heavy atom. The molecule has 0 heterocycles. The molecule has 39 heavy (non-hydrogen) atoms. The Morgan fingerprint density at radius 2 is 1.13 bits per heavy atom. The van der Waals surface area contributed by atoms with Gasteiger partial charge in [-0.3, -0.25) is 4.79 Å². The Kier molecular flexibility index (Phi) is 13.2. The topological polar surface area (TPSA) is 44.8 Å². The van der Waals surface area contributed by atoms with E-state index in [0.29, 0.717) is 30.6 Å². The summed E-state index contributed by atoms with van der Waals surface area (Å²) in [5, 5.41) is 0.0818. The van der Waals surface area contributed by atoms with Crippen molar-refractivity contribution in [2.75, 3.05) is 19.8 Å². The zero-order valence-corrected chi connectivity index (χ0v) is 24.1. The van der Waals surface area contributed by atoms with Crippen molar-refractivity contribution in [2.24, 2.45) is 17.8 Å². The van der Waals surface area contributed by atoms with Crippen LogP contribution in [0.4, 0.5) is 26.3 Å². The quantitative estimate of drug-likeness (QED) is 0.149. The Morgan fingerprint density at radius 1 is 0.744 bits per heavy atom. The van der Waals surface area contributed by atoms with Gasteiger partial charge in [-0.2, -0.15) is 26.3 Å². The molecule has 0 aliphatic heterocycles. The van der Waals surface area contributed by atoms with Gasteiger partial charge in [-0.25, -0.2) is 0 Å². The molecule has 12 heteroatoms. The number of hydrogen-bond acceptors (Lipinski definition) is 4. The van der Waals surface area contributed by atoms with Crippen molar-refractivity contribution >= 4 is 38.3 Å². The second-order valence-electron chi connectivity index (χ2n) is 10.1. The minimum Gasteiger partial charge on any atom is -0.493 e. The second kappa shape index (κ2) is 14.7. The van der Waals surface area contributed by atoms with Crippen LogP contribution in [-0.4, -0.2) is 44.2 Å². The van der Waals surface area contributed by atoms with Crippen LogP contribution in [0.1, 0.15) is 63.0 Å². The third-order valence-electron chi connectivity index (χ3n) is 4.91. The predicted molar refractivity (Wildman–Crippen MR) is 142 cm³/mol. The number of hydrogen-bond donors (Lipinski definition) is 0. The van der Waals surface area contributed by atoms with Crippen molar-refractivity contribution in [1.82, 2.24) is 0 Å². The normalized spacial score (nSPS) is 12.4. The molecule has 1 atom stereocenters. The van der Waals surface area contributed by atoms with Gasteiger partial charge < -0.3 is 14.2 Å². The molecule has 0 bridgehead atoms. The van der Waals surface area contributed by atoms with E-state index in [9.17, 15) is 31.1 Å². The molecule has 2 aromatic rings. The fourth-order valence-corrected chi connectivity index (χ4v) is 4.38. The van der Waals surface area contributed by atoms with E-state index in [4.69, 9.17) is 14.2 Å². The SMILES string of the molecule is CC(C)COc1cc(OCC(C)C)c(PC(=O)c2c(C(F)(F)F)cccc2C(F)(F)F)c(OCC(C)C)c1.[Li]. The van der Waals surface area contributed by atoms with E-state index in [0.717, 1.165) is 0 Å². The maximum Gasteiger partial charge on any atom is 0.417 e. The van der Waals surface area contributed by atoms with Crippen LogP contribution in [-0.2, 0) is 12.4 Å².